The van der Waals surface area contributed by atoms with Gasteiger partial charge in [-0.15, -0.1) is 0 Å². The predicted octanol–water partition coefficient (Wildman–Crippen LogP) is 4.04. The second kappa shape index (κ2) is 6.90. The molecule has 0 aliphatic carbocycles. The van der Waals surface area contributed by atoms with Crippen molar-refractivity contribution < 1.29 is 9.32 Å². The third kappa shape index (κ3) is 3.21. The molecule has 3 aromatic rings. The smallest absolute Gasteiger partial charge is 0.229 e. The molecule has 0 bridgehead atoms. The fourth-order valence-electron chi connectivity index (χ4n) is 3.73. The molecule has 0 radical (unpaired) electrons. The molecule has 2 heterocycles. The van der Waals surface area contributed by atoms with E-state index in [1.807, 2.05) is 24.0 Å². The van der Waals surface area contributed by atoms with Crippen molar-refractivity contribution >= 4 is 16.7 Å². The van der Waals surface area contributed by atoms with Crippen LogP contribution in [0.15, 0.2) is 47.0 Å². The molecule has 2 aromatic carbocycles. The van der Waals surface area contributed by atoms with E-state index in [1.165, 1.54) is 10.8 Å². The molecule has 0 N–H and O–H groups in total. The number of nitrogens with zero attached hydrogens (tertiary/aromatic N) is 3. The van der Waals surface area contributed by atoms with Crippen molar-refractivity contribution in [3.05, 3.63) is 59.7 Å². The van der Waals surface area contributed by atoms with E-state index in [0.29, 0.717) is 5.89 Å². The van der Waals surface area contributed by atoms with E-state index in [2.05, 4.69) is 40.5 Å². The highest BCUT2D eigenvalue weighted by molar-refractivity contribution is 5.87. The number of fused-ring (bicyclic) bond motifs is 1. The summed E-state index contributed by atoms with van der Waals surface area (Å²) in [6, 6.07) is 14.5. The highest BCUT2D eigenvalue weighted by Gasteiger charge is 2.29. The van der Waals surface area contributed by atoms with E-state index < -0.39 is 0 Å². The Kier molecular flexibility index (Phi) is 4.45. The standard InChI is InChI=1S/C21H23N3O2/c1-14(18-8-7-16-5-3-4-6-19(16)13-18)21(25)24-11-9-17(10-12-24)20-22-15(2)26-23-20/h3-8,13-14,17H,9-12H2,1-2H3. The van der Waals surface area contributed by atoms with Crippen molar-refractivity contribution in [1.29, 1.82) is 0 Å². The molecule has 4 rings (SSSR count). The fraction of sp³-hybridized carbons (Fsp3) is 0.381. The molecule has 1 unspecified atom stereocenters. The largest absolute Gasteiger partial charge is 0.342 e. The van der Waals surface area contributed by atoms with Crippen LogP contribution in [0.1, 0.15) is 48.9 Å². The summed E-state index contributed by atoms with van der Waals surface area (Å²) in [6.07, 6.45) is 1.77. The van der Waals surface area contributed by atoms with Gasteiger partial charge in [0, 0.05) is 25.9 Å². The molecule has 5 heteroatoms. The number of carbonyl (C=O) groups excluding carboxylic acids is 1. The molecule has 26 heavy (non-hydrogen) atoms. The van der Waals surface area contributed by atoms with Crippen LogP contribution >= 0.6 is 0 Å². The van der Waals surface area contributed by atoms with Gasteiger partial charge in [-0.2, -0.15) is 4.98 Å². The van der Waals surface area contributed by atoms with E-state index in [9.17, 15) is 4.79 Å². The van der Waals surface area contributed by atoms with Crippen molar-refractivity contribution in [1.82, 2.24) is 15.0 Å². The number of aryl methyl sites for hydroxylation is 1. The van der Waals surface area contributed by atoms with Crippen LogP contribution in [0.25, 0.3) is 10.8 Å². The van der Waals surface area contributed by atoms with Gasteiger partial charge in [-0.05, 0) is 36.1 Å². The number of carbonyl (C=O) groups is 1. The zero-order chi connectivity index (χ0) is 18.1. The zero-order valence-electron chi connectivity index (χ0n) is 15.2. The summed E-state index contributed by atoms with van der Waals surface area (Å²) >= 11 is 0. The summed E-state index contributed by atoms with van der Waals surface area (Å²) in [4.78, 5) is 19.3. The van der Waals surface area contributed by atoms with Crippen LogP contribution in [-0.4, -0.2) is 34.0 Å². The van der Waals surface area contributed by atoms with Crippen LogP contribution in [-0.2, 0) is 4.79 Å². The molecule has 1 aromatic heterocycles. The highest BCUT2D eigenvalue weighted by Crippen LogP contribution is 2.29. The second-order valence-electron chi connectivity index (χ2n) is 7.10. The van der Waals surface area contributed by atoms with Gasteiger partial charge in [0.2, 0.25) is 11.8 Å². The minimum atomic E-state index is -0.136. The van der Waals surface area contributed by atoms with Crippen molar-refractivity contribution in [2.24, 2.45) is 0 Å². The van der Waals surface area contributed by atoms with E-state index in [1.54, 1.807) is 6.92 Å². The van der Waals surface area contributed by atoms with E-state index >= 15 is 0 Å². The van der Waals surface area contributed by atoms with Gasteiger partial charge in [-0.25, -0.2) is 0 Å². The molecule has 1 aliphatic rings. The topological polar surface area (TPSA) is 59.2 Å². The molecule has 1 fully saturated rings. The molecule has 5 nitrogen and oxygen atoms in total. The Morgan fingerprint density at radius 1 is 1.15 bits per heavy atom. The number of likely N-dealkylation sites (tertiary alicyclic amines) is 1. The van der Waals surface area contributed by atoms with Crippen LogP contribution in [0.3, 0.4) is 0 Å². The fourth-order valence-corrected chi connectivity index (χ4v) is 3.73. The second-order valence-corrected chi connectivity index (χ2v) is 7.10. The zero-order valence-corrected chi connectivity index (χ0v) is 15.2. The summed E-state index contributed by atoms with van der Waals surface area (Å²) < 4.78 is 5.08. The molecule has 1 amide bonds. The molecule has 0 spiro atoms. The Balaban J connectivity index is 1.43. The van der Waals surface area contributed by atoms with E-state index in [0.717, 1.165) is 37.3 Å². The lowest BCUT2D eigenvalue weighted by Crippen LogP contribution is -2.40. The molecular formula is C21H23N3O2. The Labute approximate surface area is 153 Å². The molecule has 0 saturated carbocycles. The van der Waals surface area contributed by atoms with Gasteiger partial charge in [-0.3, -0.25) is 4.79 Å². The van der Waals surface area contributed by atoms with E-state index in [4.69, 9.17) is 4.52 Å². The first kappa shape index (κ1) is 16.8. The summed E-state index contributed by atoms with van der Waals surface area (Å²) in [5.74, 6) is 1.72. The Morgan fingerprint density at radius 2 is 1.88 bits per heavy atom. The van der Waals surface area contributed by atoms with Crippen molar-refractivity contribution in [2.45, 2.75) is 38.5 Å². The average molecular weight is 349 g/mol. The summed E-state index contributed by atoms with van der Waals surface area (Å²) in [7, 11) is 0. The summed E-state index contributed by atoms with van der Waals surface area (Å²) in [6.45, 7) is 5.30. The lowest BCUT2D eigenvalue weighted by Gasteiger charge is -2.32. The van der Waals surface area contributed by atoms with Gasteiger partial charge in [0.1, 0.15) is 0 Å². The van der Waals surface area contributed by atoms with Gasteiger partial charge in [0.25, 0.3) is 0 Å². The molecule has 1 saturated heterocycles. The van der Waals surface area contributed by atoms with Gasteiger partial charge < -0.3 is 9.42 Å². The van der Waals surface area contributed by atoms with Crippen molar-refractivity contribution in [3.8, 4) is 0 Å². The van der Waals surface area contributed by atoms with Crippen LogP contribution in [0.2, 0.25) is 0 Å². The first-order chi connectivity index (χ1) is 12.6. The predicted molar refractivity (Wildman–Crippen MR) is 100.0 cm³/mol. The Hall–Kier alpha value is -2.69. The highest BCUT2D eigenvalue weighted by atomic mass is 16.5. The maximum atomic E-state index is 13.0. The van der Waals surface area contributed by atoms with Crippen LogP contribution in [0.5, 0.6) is 0 Å². The third-order valence-electron chi connectivity index (χ3n) is 5.36. The maximum absolute atomic E-state index is 13.0. The average Bonchev–Trinajstić information content (AvgIpc) is 3.13. The normalized spacial score (nSPS) is 16.8. The number of amides is 1. The SMILES string of the molecule is Cc1nc(C2CCN(C(=O)C(C)c3ccc4ccccc4c3)CC2)no1. The molecular weight excluding hydrogens is 326 g/mol. The maximum Gasteiger partial charge on any atom is 0.229 e. The third-order valence-corrected chi connectivity index (χ3v) is 5.36. The number of hydrogen-bond acceptors (Lipinski definition) is 4. The first-order valence-electron chi connectivity index (χ1n) is 9.19. The van der Waals surface area contributed by atoms with E-state index in [-0.39, 0.29) is 17.7 Å². The van der Waals surface area contributed by atoms with Crippen molar-refractivity contribution in [2.75, 3.05) is 13.1 Å². The van der Waals surface area contributed by atoms with Crippen LogP contribution < -0.4 is 0 Å². The van der Waals surface area contributed by atoms with Crippen LogP contribution in [0, 0.1) is 6.92 Å². The van der Waals surface area contributed by atoms with Gasteiger partial charge >= 0.3 is 0 Å². The number of rotatable bonds is 3. The van der Waals surface area contributed by atoms with Crippen molar-refractivity contribution in [3.63, 3.8) is 0 Å². The number of piperidine rings is 1. The van der Waals surface area contributed by atoms with Gasteiger partial charge in [-0.1, -0.05) is 47.6 Å². The number of benzene rings is 2. The first-order valence-corrected chi connectivity index (χ1v) is 9.19. The number of aromatic nitrogens is 2. The molecule has 1 aliphatic heterocycles. The lowest BCUT2D eigenvalue weighted by molar-refractivity contribution is -0.133. The minimum Gasteiger partial charge on any atom is -0.342 e. The Morgan fingerprint density at radius 3 is 2.58 bits per heavy atom. The monoisotopic (exact) mass is 349 g/mol. The van der Waals surface area contributed by atoms with Crippen LogP contribution in [0.4, 0.5) is 0 Å². The minimum absolute atomic E-state index is 0.136. The molecule has 134 valence electrons. The molecule has 1 atom stereocenters. The van der Waals surface area contributed by atoms with Gasteiger partial charge in [0.05, 0.1) is 5.92 Å². The summed E-state index contributed by atoms with van der Waals surface area (Å²) in [5.41, 5.74) is 1.07. The van der Waals surface area contributed by atoms with Gasteiger partial charge in [0.15, 0.2) is 5.82 Å². The summed E-state index contributed by atoms with van der Waals surface area (Å²) in [5, 5.41) is 6.41. The quantitative estimate of drug-likeness (QED) is 0.716. The number of hydrogen-bond donors (Lipinski definition) is 0. The lowest BCUT2D eigenvalue weighted by atomic mass is 9.93. The Bertz CT molecular complexity index is 926.